The highest BCUT2D eigenvalue weighted by Crippen LogP contribution is 2.25. The van der Waals surface area contributed by atoms with Gasteiger partial charge < -0.3 is 20.2 Å². The average Bonchev–Trinajstić information content (AvgIpc) is 2.99. The van der Waals surface area contributed by atoms with E-state index in [0.29, 0.717) is 34.5 Å². The van der Waals surface area contributed by atoms with E-state index in [2.05, 4.69) is 10.5 Å². The van der Waals surface area contributed by atoms with Crippen molar-refractivity contribution in [2.45, 2.75) is 19.8 Å². The van der Waals surface area contributed by atoms with Gasteiger partial charge in [-0.15, -0.1) is 0 Å². The van der Waals surface area contributed by atoms with Crippen LogP contribution in [-0.4, -0.2) is 42.8 Å². The summed E-state index contributed by atoms with van der Waals surface area (Å²) < 4.78 is 0. The van der Waals surface area contributed by atoms with Crippen LogP contribution in [0.15, 0.2) is 102 Å². The summed E-state index contributed by atoms with van der Waals surface area (Å²) in [6.07, 6.45) is 1.85. The van der Waals surface area contributed by atoms with Gasteiger partial charge in [-0.3, -0.25) is 14.4 Å². The maximum atomic E-state index is 13.3. The molecule has 0 aromatic heterocycles. The minimum Gasteiger partial charge on any atom is -0.481 e. The molecule has 0 aliphatic carbocycles. The predicted molar refractivity (Wildman–Crippen MR) is 161 cm³/mol. The second-order valence-electron chi connectivity index (χ2n) is 9.43. The lowest BCUT2D eigenvalue weighted by atomic mass is 9.98. The summed E-state index contributed by atoms with van der Waals surface area (Å²) in [6, 6.07) is 29.4. The molecule has 0 spiro atoms. The van der Waals surface area contributed by atoms with E-state index in [1.54, 1.807) is 49.5 Å². The van der Waals surface area contributed by atoms with Crippen LogP contribution in [-0.2, 0) is 9.63 Å². The largest absolute Gasteiger partial charge is 0.481 e. The Bertz CT molecular complexity index is 1550. The van der Waals surface area contributed by atoms with Gasteiger partial charge in [-0.1, -0.05) is 71.4 Å². The highest BCUT2D eigenvalue weighted by Gasteiger charge is 2.17. The van der Waals surface area contributed by atoms with Gasteiger partial charge in [-0.25, -0.2) is 0 Å². The second-order valence-corrected chi connectivity index (χ2v) is 9.43. The number of para-hydroxylation sites is 1. The molecule has 4 aromatic carbocycles. The van der Waals surface area contributed by atoms with Crippen molar-refractivity contribution >= 4 is 35.4 Å². The van der Waals surface area contributed by atoms with Gasteiger partial charge in [0.05, 0.1) is 11.9 Å². The van der Waals surface area contributed by atoms with Gasteiger partial charge >= 0.3 is 5.97 Å². The number of nitrogens with zero attached hydrogens (tertiary/aromatic N) is 2. The van der Waals surface area contributed by atoms with Gasteiger partial charge in [-0.2, -0.15) is 0 Å². The lowest BCUT2D eigenvalue weighted by Gasteiger charge is -2.19. The van der Waals surface area contributed by atoms with Gasteiger partial charge in [-0.05, 0) is 60.9 Å². The third-order valence-electron chi connectivity index (χ3n) is 6.42. The summed E-state index contributed by atoms with van der Waals surface area (Å²) in [4.78, 5) is 43.7. The number of benzene rings is 4. The molecule has 0 aliphatic heterocycles. The lowest BCUT2D eigenvalue weighted by Crippen LogP contribution is -2.27. The van der Waals surface area contributed by atoms with Gasteiger partial charge in [0.15, 0.2) is 0 Å². The van der Waals surface area contributed by atoms with Crippen molar-refractivity contribution in [3.63, 3.8) is 0 Å². The zero-order valence-electron chi connectivity index (χ0n) is 22.9. The molecule has 8 heteroatoms. The quantitative estimate of drug-likeness (QED) is 0.128. The van der Waals surface area contributed by atoms with Crippen molar-refractivity contribution in [1.82, 2.24) is 0 Å². The Kier molecular flexibility index (Phi) is 9.62. The molecule has 2 N–H and O–H groups in total. The number of carbonyl (C=O) groups excluding carboxylic acids is 2. The fraction of sp³-hybridized carbons (Fsp3) is 0.152. The minimum absolute atomic E-state index is 0.00649. The van der Waals surface area contributed by atoms with Crippen molar-refractivity contribution in [3.05, 3.63) is 119 Å². The first-order valence-corrected chi connectivity index (χ1v) is 13.1. The molecule has 208 valence electrons. The van der Waals surface area contributed by atoms with E-state index in [0.717, 1.165) is 16.7 Å². The standard InChI is InChI=1S/C33H31N3O5/c1-23-13-15-24(16-14-23)28-9-4-5-10-29(28)32(39)35-27-19-17-25(18-20-27)33(40)36(2)30-11-6-3-8-26(30)22-34-41-21-7-12-31(37)38/h3-6,8-11,13-20,22H,7,12,21H2,1-2H3,(H,35,39)(H,37,38). The normalized spacial score (nSPS) is 10.8. The molecule has 0 fully saturated rings. The Morgan fingerprint density at radius 2 is 1.59 bits per heavy atom. The number of carboxylic acid groups (broad SMARTS) is 1. The summed E-state index contributed by atoms with van der Waals surface area (Å²) in [6.45, 7) is 2.20. The number of carbonyl (C=O) groups is 3. The van der Waals surface area contributed by atoms with E-state index in [4.69, 9.17) is 9.94 Å². The number of hydrogen-bond donors (Lipinski definition) is 2. The Morgan fingerprint density at radius 3 is 2.32 bits per heavy atom. The molecule has 0 bridgehead atoms. The third kappa shape index (κ3) is 7.67. The van der Waals surface area contributed by atoms with E-state index >= 15 is 0 Å². The first kappa shape index (κ1) is 28.8. The number of hydrogen-bond acceptors (Lipinski definition) is 5. The van der Waals surface area contributed by atoms with Gasteiger partial charge in [0.1, 0.15) is 6.61 Å². The van der Waals surface area contributed by atoms with Crippen LogP contribution in [0.1, 0.15) is 44.7 Å². The number of aliphatic carboxylic acids is 1. The van der Waals surface area contributed by atoms with Gasteiger partial charge in [0.25, 0.3) is 11.8 Å². The maximum Gasteiger partial charge on any atom is 0.303 e. The van der Waals surface area contributed by atoms with E-state index in [-0.39, 0.29) is 24.8 Å². The third-order valence-corrected chi connectivity index (χ3v) is 6.42. The number of carboxylic acids is 1. The molecule has 0 atom stereocenters. The highest BCUT2D eigenvalue weighted by molar-refractivity contribution is 6.10. The van der Waals surface area contributed by atoms with Crippen LogP contribution in [0.3, 0.4) is 0 Å². The van der Waals surface area contributed by atoms with Crippen molar-refractivity contribution in [3.8, 4) is 11.1 Å². The maximum absolute atomic E-state index is 13.3. The molecular weight excluding hydrogens is 518 g/mol. The van der Waals surface area contributed by atoms with E-state index < -0.39 is 5.97 Å². The molecule has 2 amide bonds. The molecule has 4 aromatic rings. The number of rotatable bonds is 11. The molecule has 0 unspecified atom stereocenters. The summed E-state index contributed by atoms with van der Waals surface area (Å²) in [7, 11) is 1.67. The Morgan fingerprint density at radius 1 is 0.902 bits per heavy atom. The Hall–Kier alpha value is -5.24. The smallest absolute Gasteiger partial charge is 0.303 e. The zero-order valence-corrected chi connectivity index (χ0v) is 22.9. The van der Waals surface area contributed by atoms with E-state index in [1.807, 2.05) is 61.5 Å². The topological polar surface area (TPSA) is 108 Å². The number of aryl methyl sites for hydroxylation is 1. The predicted octanol–water partition coefficient (Wildman–Crippen LogP) is 6.41. The van der Waals surface area contributed by atoms with Crippen molar-refractivity contribution in [2.24, 2.45) is 5.16 Å². The first-order chi connectivity index (χ1) is 19.8. The monoisotopic (exact) mass is 549 g/mol. The van der Waals surface area contributed by atoms with E-state index in [1.165, 1.54) is 11.1 Å². The summed E-state index contributed by atoms with van der Waals surface area (Å²) >= 11 is 0. The molecule has 4 rings (SSSR count). The summed E-state index contributed by atoms with van der Waals surface area (Å²) in [5, 5.41) is 15.5. The fourth-order valence-corrected chi connectivity index (χ4v) is 4.20. The Balaban J connectivity index is 1.42. The van der Waals surface area contributed by atoms with Crippen LogP contribution >= 0.6 is 0 Å². The van der Waals surface area contributed by atoms with Crippen LogP contribution in [0.5, 0.6) is 0 Å². The van der Waals surface area contributed by atoms with Gasteiger partial charge in [0.2, 0.25) is 0 Å². The molecule has 0 radical (unpaired) electrons. The molecule has 0 saturated heterocycles. The second kappa shape index (κ2) is 13.7. The fourth-order valence-electron chi connectivity index (χ4n) is 4.20. The highest BCUT2D eigenvalue weighted by atomic mass is 16.6. The van der Waals surface area contributed by atoms with Crippen LogP contribution in [0, 0.1) is 6.92 Å². The first-order valence-electron chi connectivity index (χ1n) is 13.1. The minimum atomic E-state index is -0.887. The van der Waals surface area contributed by atoms with Crippen LogP contribution in [0.25, 0.3) is 11.1 Å². The van der Waals surface area contributed by atoms with Crippen molar-refractivity contribution in [2.75, 3.05) is 23.9 Å². The molecule has 41 heavy (non-hydrogen) atoms. The molecular formula is C33H31N3O5. The Labute approximate surface area is 238 Å². The van der Waals surface area contributed by atoms with Gasteiger partial charge in [0, 0.05) is 35.8 Å². The van der Waals surface area contributed by atoms with Crippen molar-refractivity contribution < 1.29 is 24.3 Å². The average molecular weight is 550 g/mol. The van der Waals surface area contributed by atoms with Crippen molar-refractivity contribution in [1.29, 1.82) is 0 Å². The molecule has 0 heterocycles. The molecule has 8 nitrogen and oxygen atoms in total. The number of nitrogens with one attached hydrogen (secondary N) is 1. The van der Waals surface area contributed by atoms with Crippen LogP contribution < -0.4 is 10.2 Å². The molecule has 0 aliphatic rings. The number of amides is 2. The van der Waals surface area contributed by atoms with E-state index in [9.17, 15) is 14.4 Å². The summed E-state index contributed by atoms with van der Waals surface area (Å²) in [5.41, 5.74) is 5.81. The van der Waals surface area contributed by atoms with Crippen LogP contribution in [0.4, 0.5) is 11.4 Å². The number of anilines is 2. The molecule has 0 saturated carbocycles. The zero-order chi connectivity index (χ0) is 29.2. The SMILES string of the molecule is Cc1ccc(-c2ccccc2C(=O)Nc2ccc(C(=O)N(C)c3ccccc3C=NOCCCC(=O)O)cc2)cc1. The lowest BCUT2D eigenvalue weighted by molar-refractivity contribution is -0.137. The van der Waals surface area contributed by atoms with Crippen LogP contribution in [0.2, 0.25) is 0 Å². The number of oxime groups is 1. The summed E-state index contributed by atoms with van der Waals surface area (Å²) in [5.74, 6) is -1.37.